The Morgan fingerprint density at radius 1 is 1.40 bits per heavy atom. The maximum absolute atomic E-state index is 12.7. The van der Waals surface area contributed by atoms with Crippen LogP contribution in [0, 0.1) is 0 Å². The molecule has 2 heterocycles. The first-order valence-electron chi connectivity index (χ1n) is 6.85. The van der Waals surface area contributed by atoms with Crippen LogP contribution in [-0.4, -0.2) is 45.7 Å². The number of aliphatic hydroxyl groups is 1. The largest absolute Gasteiger partial charge is 0.480 e. The monoisotopic (exact) mass is 295 g/mol. The number of carboxylic acids is 1. The molecule has 20 heavy (non-hydrogen) atoms. The van der Waals surface area contributed by atoms with Gasteiger partial charge in [0, 0.05) is 17.8 Å². The van der Waals surface area contributed by atoms with Crippen molar-refractivity contribution < 1.29 is 19.8 Å². The second-order valence-electron chi connectivity index (χ2n) is 5.48. The lowest BCUT2D eigenvalue weighted by atomic mass is 9.86. The normalized spacial score (nSPS) is 29.2. The summed E-state index contributed by atoms with van der Waals surface area (Å²) in [5.41, 5.74) is 1.05. The molecule has 108 valence electrons. The molecule has 1 aromatic rings. The van der Waals surface area contributed by atoms with E-state index < -0.39 is 18.1 Å². The summed E-state index contributed by atoms with van der Waals surface area (Å²) < 4.78 is 0. The lowest BCUT2D eigenvalue weighted by Crippen LogP contribution is -2.43. The van der Waals surface area contributed by atoms with Crippen molar-refractivity contribution in [3.05, 3.63) is 21.9 Å². The van der Waals surface area contributed by atoms with Crippen LogP contribution in [0.25, 0.3) is 0 Å². The van der Waals surface area contributed by atoms with Crippen LogP contribution in [0.3, 0.4) is 0 Å². The van der Waals surface area contributed by atoms with Crippen LogP contribution in [0.2, 0.25) is 0 Å². The summed E-state index contributed by atoms with van der Waals surface area (Å²) in [6, 6.07) is 1.09. The number of aliphatic carboxylic acids is 1. The number of aliphatic hydroxyl groups excluding tert-OH is 1. The van der Waals surface area contributed by atoms with Gasteiger partial charge in [-0.15, -0.1) is 11.3 Å². The molecule has 1 aliphatic carbocycles. The van der Waals surface area contributed by atoms with Crippen LogP contribution in [0.15, 0.2) is 11.4 Å². The van der Waals surface area contributed by atoms with Gasteiger partial charge in [0.05, 0.1) is 12.0 Å². The fraction of sp³-hybridized carbons (Fsp3) is 0.571. The lowest BCUT2D eigenvalue weighted by molar-refractivity contribution is -0.148. The van der Waals surface area contributed by atoms with Gasteiger partial charge < -0.3 is 15.1 Å². The Morgan fingerprint density at radius 2 is 2.20 bits per heavy atom. The Bertz CT molecular complexity index is 541. The molecule has 2 N–H and O–H groups in total. The van der Waals surface area contributed by atoms with E-state index in [1.54, 1.807) is 11.3 Å². The summed E-state index contributed by atoms with van der Waals surface area (Å²) in [4.78, 5) is 26.5. The number of amides is 1. The first-order chi connectivity index (χ1) is 9.58. The van der Waals surface area contributed by atoms with Crippen LogP contribution < -0.4 is 0 Å². The number of carboxylic acid groups (broad SMARTS) is 1. The number of nitrogens with zero attached hydrogens (tertiary/aromatic N) is 1. The molecule has 6 heteroatoms. The molecule has 5 nitrogen and oxygen atoms in total. The van der Waals surface area contributed by atoms with Gasteiger partial charge in [-0.1, -0.05) is 0 Å². The minimum atomic E-state index is -1.03. The average molecular weight is 295 g/mol. The summed E-state index contributed by atoms with van der Waals surface area (Å²) in [5, 5.41) is 20.9. The number of thiophene rings is 1. The number of rotatable bonds is 2. The van der Waals surface area contributed by atoms with Crippen LogP contribution in [0.4, 0.5) is 0 Å². The number of carbonyl (C=O) groups is 2. The maximum atomic E-state index is 12.7. The third-order valence-electron chi connectivity index (χ3n) is 4.20. The Labute approximate surface area is 120 Å². The summed E-state index contributed by atoms with van der Waals surface area (Å²) in [6.45, 7) is 0.131. The molecular weight excluding hydrogens is 278 g/mol. The van der Waals surface area contributed by atoms with Crippen molar-refractivity contribution in [1.29, 1.82) is 0 Å². The van der Waals surface area contributed by atoms with E-state index in [1.807, 2.05) is 11.4 Å². The number of hydrogen-bond donors (Lipinski definition) is 2. The highest BCUT2D eigenvalue weighted by Gasteiger charge is 2.42. The third kappa shape index (κ3) is 2.23. The predicted molar refractivity (Wildman–Crippen MR) is 73.8 cm³/mol. The van der Waals surface area contributed by atoms with Crippen molar-refractivity contribution in [3.8, 4) is 0 Å². The van der Waals surface area contributed by atoms with Crippen molar-refractivity contribution in [1.82, 2.24) is 4.90 Å². The number of hydrogen-bond acceptors (Lipinski definition) is 4. The lowest BCUT2D eigenvalue weighted by Gasteiger charge is -2.29. The molecule has 0 spiro atoms. The predicted octanol–water partition coefficient (Wildman–Crippen LogP) is 1.21. The number of likely N-dealkylation sites (tertiary alicyclic amines) is 1. The molecule has 3 atom stereocenters. The fourth-order valence-electron chi connectivity index (χ4n) is 3.23. The molecule has 2 aliphatic rings. The Balaban J connectivity index is 1.85. The number of fused-ring (bicyclic) bond motifs is 1. The van der Waals surface area contributed by atoms with Gasteiger partial charge in [0.15, 0.2) is 0 Å². The summed E-state index contributed by atoms with van der Waals surface area (Å²) in [6.07, 6.45) is 2.12. The molecule has 0 aromatic carbocycles. The van der Waals surface area contributed by atoms with E-state index >= 15 is 0 Å². The van der Waals surface area contributed by atoms with Gasteiger partial charge in [-0.2, -0.15) is 0 Å². The average Bonchev–Trinajstić information content (AvgIpc) is 3.03. The van der Waals surface area contributed by atoms with E-state index in [0.29, 0.717) is 0 Å². The van der Waals surface area contributed by atoms with Gasteiger partial charge >= 0.3 is 5.97 Å². The number of β-amino-alcohol motifs (C(OH)–C–C–N with tert-alkyl or cyclic N) is 1. The molecule has 3 rings (SSSR count). The summed E-state index contributed by atoms with van der Waals surface area (Å²) >= 11 is 1.66. The number of aryl methyl sites for hydroxylation is 1. The minimum absolute atomic E-state index is 0.129. The van der Waals surface area contributed by atoms with Gasteiger partial charge in [0.2, 0.25) is 5.91 Å². The Morgan fingerprint density at radius 3 is 2.95 bits per heavy atom. The smallest absolute Gasteiger partial charge is 0.326 e. The third-order valence-corrected chi connectivity index (χ3v) is 5.19. The maximum Gasteiger partial charge on any atom is 0.326 e. The summed E-state index contributed by atoms with van der Waals surface area (Å²) in [5.74, 6) is -1.42. The molecule has 1 amide bonds. The molecule has 3 unspecified atom stereocenters. The summed E-state index contributed by atoms with van der Waals surface area (Å²) in [7, 11) is 0. The first kappa shape index (κ1) is 13.6. The molecular formula is C14H17NO4S. The molecule has 1 fully saturated rings. The molecule has 1 saturated heterocycles. The van der Waals surface area contributed by atoms with E-state index in [9.17, 15) is 19.8 Å². The van der Waals surface area contributed by atoms with Gasteiger partial charge in [-0.3, -0.25) is 4.79 Å². The minimum Gasteiger partial charge on any atom is -0.480 e. The molecule has 0 bridgehead atoms. The molecule has 0 radical (unpaired) electrons. The first-order valence-corrected chi connectivity index (χ1v) is 7.73. The Hall–Kier alpha value is -1.40. The van der Waals surface area contributed by atoms with E-state index in [-0.39, 0.29) is 24.8 Å². The van der Waals surface area contributed by atoms with Crippen molar-refractivity contribution in [2.45, 2.75) is 43.7 Å². The van der Waals surface area contributed by atoms with E-state index in [1.165, 1.54) is 9.78 Å². The van der Waals surface area contributed by atoms with Crippen molar-refractivity contribution in [3.63, 3.8) is 0 Å². The highest BCUT2D eigenvalue weighted by molar-refractivity contribution is 7.10. The van der Waals surface area contributed by atoms with Crippen LogP contribution >= 0.6 is 11.3 Å². The number of carbonyl (C=O) groups excluding carboxylic acids is 1. The highest BCUT2D eigenvalue weighted by Crippen LogP contribution is 2.37. The van der Waals surface area contributed by atoms with Crippen LogP contribution in [0.5, 0.6) is 0 Å². The van der Waals surface area contributed by atoms with E-state index in [0.717, 1.165) is 24.8 Å². The van der Waals surface area contributed by atoms with E-state index in [2.05, 4.69) is 0 Å². The van der Waals surface area contributed by atoms with Crippen LogP contribution in [0.1, 0.15) is 35.6 Å². The van der Waals surface area contributed by atoms with Crippen LogP contribution in [-0.2, 0) is 16.0 Å². The zero-order valence-corrected chi connectivity index (χ0v) is 11.8. The topological polar surface area (TPSA) is 77.8 Å². The second kappa shape index (κ2) is 5.18. The Kier molecular flexibility index (Phi) is 3.52. The quantitative estimate of drug-likeness (QED) is 0.860. The standard InChI is InChI=1S/C14H17NO4S/c16-8-6-11(14(18)19)15(7-8)13(17)10-2-1-3-12-9(10)4-5-20-12/h4-5,8,10-11,16H,1-3,6-7H2,(H,18,19). The molecule has 1 aliphatic heterocycles. The fourth-order valence-corrected chi connectivity index (χ4v) is 4.22. The van der Waals surface area contributed by atoms with E-state index in [4.69, 9.17) is 0 Å². The molecule has 1 aromatic heterocycles. The van der Waals surface area contributed by atoms with Gasteiger partial charge in [-0.25, -0.2) is 4.79 Å². The zero-order chi connectivity index (χ0) is 14.3. The van der Waals surface area contributed by atoms with Crippen molar-refractivity contribution >= 4 is 23.2 Å². The van der Waals surface area contributed by atoms with Gasteiger partial charge in [0.1, 0.15) is 6.04 Å². The highest BCUT2D eigenvalue weighted by atomic mass is 32.1. The zero-order valence-electron chi connectivity index (χ0n) is 11.0. The molecule has 0 saturated carbocycles. The van der Waals surface area contributed by atoms with Gasteiger partial charge in [0.25, 0.3) is 0 Å². The second-order valence-corrected chi connectivity index (χ2v) is 6.48. The SMILES string of the molecule is O=C(O)C1CC(O)CN1C(=O)C1CCCc2sccc21. The van der Waals surface area contributed by atoms with Crippen molar-refractivity contribution in [2.24, 2.45) is 0 Å². The van der Waals surface area contributed by atoms with Crippen molar-refractivity contribution in [2.75, 3.05) is 6.54 Å². The van der Waals surface area contributed by atoms with Gasteiger partial charge in [-0.05, 0) is 36.3 Å².